The fraction of sp³-hybridized carbons (Fsp3) is 0.235. The molecular formula is C17H14BrFO. The molecule has 2 aromatic carbocycles. The number of carbonyl (C=O) groups excluding carboxylic acids is 1. The average molecular weight is 333 g/mol. The Bertz CT molecular complexity index is 639. The molecule has 0 N–H and O–H groups in total. The summed E-state index contributed by atoms with van der Waals surface area (Å²) in [4.78, 5) is 12.3. The molecule has 2 unspecified atom stereocenters. The summed E-state index contributed by atoms with van der Waals surface area (Å²) in [7, 11) is 0. The number of ketones is 1. The maximum absolute atomic E-state index is 13.4. The number of carbonyl (C=O) groups is 1. The zero-order valence-electron chi connectivity index (χ0n) is 10.9. The molecule has 3 heteroatoms. The third-order valence-corrected chi connectivity index (χ3v) is 4.72. The van der Waals surface area contributed by atoms with Gasteiger partial charge >= 0.3 is 0 Å². The molecule has 0 radical (unpaired) electrons. The molecule has 0 heterocycles. The monoisotopic (exact) mass is 332 g/mol. The largest absolute Gasteiger partial charge is 0.299 e. The zero-order chi connectivity index (χ0) is 14.1. The van der Waals surface area contributed by atoms with Gasteiger partial charge in [-0.25, -0.2) is 4.39 Å². The Labute approximate surface area is 126 Å². The Morgan fingerprint density at radius 3 is 2.65 bits per heavy atom. The molecule has 0 bridgehead atoms. The van der Waals surface area contributed by atoms with E-state index < -0.39 is 0 Å². The predicted octanol–water partition coefficient (Wildman–Crippen LogP) is 4.50. The number of Topliss-reactive ketones (excluding diaryl/α,β-unsaturated/α-hetero) is 1. The highest BCUT2D eigenvalue weighted by Gasteiger charge is 2.43. The summed E-state index contributed by atoms with van der Waals surface area (Å²) in [6.07, 6.45) is 1.21. The molecule has 1 fully saturated rings. The third-order valence-electron chi connectivity index (χ3n) is 3.83. The summed E-state index contributed by atoms with van der Waals surface area (Å²) < 4.78 is 13.8. The van der Waals surface area contributed by atoms with Crippen molar-refractivity contribution in [1.82, 2.24) is 0 Å². The van der Waals surface area contributed by atoms with Gasteiger partial charge in [-0.2, -0.15) is 0 Å². The van der Waals surface area contributed by atoms with E-state index in [0.29, 0.717) is 16.8 Å². The van der Waals surface area contributed by atoms with Crippen molar-refractivity contribution < 1.29 is 9.18 Å². The van der Waals surface area contributed by atoms with Gasteiger partial charge in [-0.15, -0.1) is 0 Å². The highest BCUT2D eigenvalue weighted by atomic mass is 79.9. The minimum Gasteiger partial charge on any atom is -0.299 e. The van der Waals surface area contributed by atoms with E-state index in [2.05, 4.69) is 28.1 Å². The lowest BCUT2D eigenvalue weighted by Gasteiger charge is -2.05. The van der Waals surface area contributed by atoms with Gasteiger partial charge in [0.2, 0.25) is 0 Å². The van der Waals surface area contributed by atoms with Gasteiger partial charge in [-0.1, -0.05) is 42.5 Å². The van der Waals surface area contributed by atoms with Crippen molar-refractivity contribution in [2.24, 2.45) is 5.92 Å². The van der Waals surface area contributed by atoms with Crippen LogP contribution in [0.3, 0.4) is 0 Å². The molecule has 0 saturated heterocycles. The van der Waals surface area contributed by atoms with E-state index in [-0.39, 0.29) is 17.5 Å². The zero-order valence-corrected chi connectivity index (χ0v) is 12.4. The van der Waals surface area contributed by atoms with Crippen LogP contribution in [0.5, 0.6) is 0 Å². The van der Waals surface area contributed by atoms with Crippen molar-refractivity contribution in [3.05, 3.63) is 69.9 Å². The van der Waals surface area contributed by atoms with Crippen LogP contribution in [0.1, 0.15) is 23.5 Å². The van der Waals surface area contributed by atoms with E-state index in [9.17, 15) is 9.18 Å². The van der Waals surface area contributed by atoms with Crippen molar-refractivity contribution in [3.63, 3.8) is 0 Å². The van der Waals surface area contributed by atoms with Crippen molar-refractivity contribution in [2.75, 3.05) is 0 Å². The van der Waals surface area contributed by atoms with Crippen LogP contribution in [0, 0.1) is 11.7 Å². The number of benzene rings is 2. The molecule has 2 aromatic rings. The smallest absolute Gasteiger partial charge is 0.141 e. The fourth-order valence-electron chi connectivity index (χ4n) is 2.62. The molecule has 20 heavy (non-hydrogen) atoms. The third kappa shape index (κ3) is 2.68. The predicted molar refractivity (Wildman–Crippen MR) is 80.1 cm³/mol. The quantitative estimate of drug-likeness (QED) is 0.805. The second-order valence-electron chi connectivity index (χ2n) is 5.22. The Morgan fingerprint density at radius 1 is 1.15 bits per heavy atom. The standard InChI is InChI=1S/C17H14BrFO/c18-17-12(7-4-8-15(17)19)9-16(20)14-10-13(14)11-5-2-1-3-6-11/h1-8,13-14H,9-10H2. The molecular weight excluding hydrogens is 319 g/mol. The molecule has 1 aliphatic rings. The lowest BCUT2D eigenvalue weighted by molar-refractivity contribution is -0.119. The summed E-state index contributed by atoms with van der Waals surface area (Å²) >= 11 is 3.21. The Hall–Kier alpha value is -1.48. The van der Waals surface area contributed by atoms with E-state index in [1.165, 1.54) is 11.6 Å². The van der Waals surface area contributed by atoms with Gasteiger partial charge in [0.15, 0.2) is 0 Å². The lowest BCUT2D eigenvalue weighted by Crippen LogP contribution is -2.07. The number of hydrogen-bond donors (Lipinski definition) is 0. The molecule has 0 amide bonds. The first-order valence-electron chi connectivity index (χ1n) is 6.67. The summed E-state index contributed by atoms with van der Waals surface area (Å²) in [6.45, 7) is 0. The van der Waals surface area contributed by atoms with Crippen LogP contribution < -0.4 is 0 Å². The lowest BCUT2D eigenvalue weighted by atomic mass is 10.0. The maximum atomic E-state index is 13.4. The van der Waals surface area contributed by atoms with E-state index in [4.69, 9.17) is 0 Å². The molecule has 1 saturated carbocycles. The van der Waals surface area contributed by atoms with Gasteiger partial charge in [-0.3, -0.25) is 4.79 Å². The van der Waals surface area contributed by atoms with Gasteiger partial charge in [-0.05, 0) is 45.5 Å². The highest BCUT2D eigenvalue weighted by molar-refractivity contribution is 9.10. The second-order valence-corrected chi connectivity index (χ2v) is 6.01. The normalized spacial score (nSPS) is 20.7. The Balaban J connectivity index is 1.69. The molecule has 0 aliphatic heterocycles. The number of rotatable bonds is 4. The molecule has 1 nitrogen and oxygen atoms in total. The van der Waals surface area contributed by atoms with Crippen LogP contribution in [-0.4, -0.2) is 5.78 Å². The van der Waals surface area contributed by atoms with E-state index in [1.807, 2.05) is 18.2 Å². The van der Waals surface area contributed by atoms with Crippen molar-refractivity contribution in [2.45, 2.75) is 18.8 Å². The minimum absolute atomic E-state index is 0.0903. The molecule has 3 rings (SSSR count). The van der Waals surface area contributed by atoms with Gasteiger partial charge in [0.25, 0.3) is 0 Å². The summed E-state index contributed by atoms with van der Waals surface area (Å²) in [5.41, 5.74) is 1.96. The van der Waals surface area contributed by atoms with Gasteiger partial charge in [0, 0.05) is 12.3 Å². The first-order chi connectivity index (χ1) is 9.66. The summed E-state index contributed by atoms with van der Waals surface area (Å²) in [5.74, 6) is 0.319. The van der Waals surface area contributed by atoms with Gasteiger partial charge in [0.05, 0.1) is 4.47 Å². The minimum atomic E-state index is -0.314. The molecule has 1 aliphatic carbocycles. The Morgan fingerprint density at radius 2 is 1.90 bits per heavy atom. The summed E-state index contributed by atoms with van der Waals surface area (Å²) in [5, 5.41) is 0. The number of halogens is 2. The molecule has 0 spiro atoms. The Kier molecular flexibility index (Phi) is 3.70. The highest BCUT2D eigenvalue weighted by Crippen LogP contribution is 2.48. The van der Waals surface area contributed by atoms with Gasteiger partial charge < -0.3 is 0 Å². The summed E-state index contributed by atoms with van der Waals surface area (Å²) in [6, 6.07) is 14.9. The van der Waals surface area contributed by atoms with E-state index in [0.717, 1.165) is 12.0 Å². The van der Waals surface area contributed by atoms with Crippen LogP contribution >= 0.6 is 15.9 Å². The fourth-order valence-corrected chi connectivity index (χ4v) is 3.03. The van der Waals surface area contributed by atoms with Crippen LogP contribution in [0.15, 0.2) is 53.0 Å². The van der Waals surface area contributed by atoms with Crippen LogP contribution in [0.25, 0.3) is 0 Å². The van der Waals surface area contributed by atoms with Crippen molar-refractivity contribution in [1.29, 1.82) is 0 Å². The topological polar surface area (TPSA) is 17.1 Å². The van der Waals surface area contributed by atoms with Crippen LogP contribution in [0.4, 0.5) is 4.39 Å². The van der Waals surface area contributed by atoms with Crippen LogP contribution in [0.2, 0.25) is 0 Å². The van der Waals surface area contributed by atoms with Crippen molar-refractivity contribution >= 4 is 21.7 Å². The number of hydrogen-bond acceptors (Lipinski definition) is 1. The first kappa shape index (κ1) is 13.5. The van der Waals surface area contributed by atoms with E-state index >= 15 is 0 Å². The van der Waals surface area contributed by atoms with Crippen molar-refractivity contribution in [3.8, 4) is 0 Å². The molecule has 0 aromatic heterocycles. The average Bonchev–Trinajstić information content (AvgIpc) is 3.25. The SMILES string of the molecule is O=C(Cc1cccc(F)c1Br)C1CC1c1ccccc1. The first-order valence-corrected chi connectivity index (χ1v) is 7.46. The molecule has 2 atom stereocenters. The second kappa shape index (κ2) is 5.49. The van der Waals surface area contributed by atoms with Crippen LogP contribution in [-0.2, 0) is 11.2 Å². The van der Waals surface area contributed by atoms with E-state index in [1.54, 1.807) is 12.1 Å². The molecule has 102 valence electrons. The van der Waals surface area contributed by atoms with Gasteiger partial charge in [0.1, 0.15) is 11.6 Å². The maximum Gasteiger partial charge on any atom is 0.141 e.